The van der Waals surface area contributed by atoms with Crippen molar-refractivity contribution >= 4 is 16.6 Å². The van der Waals surface area contributed by atoms with E-state index >= 15 is 0 Å². The minimum Gasteiger partial charge on any atom is -0.378 e. The first-order chi connectivity index (χ1) is 9.75. The van der Waals surface area contributed by atoms with Crippen molar-refractivity contribution in [1.29, 1.82) is 0 Å². The summed E-state index contributed by atoms with van der Waals surface area (Å²) in [4.78, 5) is 19.9. The molecule has 108 valence electrons. The molecule has 1 fully saturated rings. The van der Waals surface area contributed by atoms with Gasteiger partial charge in [-0.05, 0) is 12.1 Å². The van der Waals surface area contributed by atoms with Crippen LogP contribution in [0.2, 0.25) is 0 Å². The summed E-state index contributed by atoms with van der Waals surface area (Å²) in [5, 5.41) is 0.00881. The topological polar surface area (TPSA) is 58.2 Å². The zero-order chi connectivity index (χ0) is 14.5. The minimum atomic E-state index is -0.539. The summed E-state index contributed by atoms with van der Waals surface area (Å²) < 4.78 is 19.2. The van der Waals surface area contributed by atoms with E-state index in [1.54, 1.807) is 6.07 Å². The van der Waals surface area contributed by atoms with E-state index < -0.39 is 11.4 Å². The van der Waals surface area contributed by atoms with Gasteiger partial charge < -0.3 is 14.6 Å². The third-order valence-corrected chi connectivity index (χ3v) is 3.06. The van der Waals surface area contributed by atoms with Gasteiger partial charge in [0.05, 0.1) is 25.1 Å². The van der Waals surface area contributed by atoms with Gasteiger partial charge in [-0.25, -0.2) is 9.37 Å². The summed E-state index contributed by atoms with van der Waals surface area (Å²) >= 11 is 0. The van der Waals surface area contributed by atoms with Gasteiger partial charge >= 0.3 is 0 Å². The lowest BCUT2D eigenvalue weighted by molar-refractivity contribution is 0.122. The number of nitrogens with one attached hydrogen (secondary N) is 1. The number of aromatic nitrogens is 2. The van der Waals surface area contributed by atoms with Crippen molar-refractivity contribution in [2.45, 2.75) is 13.8 Å². The molecule has 0 unspecified atom stereocenters. The smallest absolute Gasteiger partial charge is 0.261 e. The number of morpholine rings is 1. The lowest BCUT2D eigenvalue weighted by Gasteiger charge is -2.28. The molecular formula is C14H18FN3O2. The molecule has 0 spiro atoms. The molecular weight excluding hydrogens is 261 g/mol. The van der Waals surface area contributed by atoms with Crippen molar-refractivity contribution < 1.29 is 9.13 Å². The van der Waals surface area contributed by atoms with Gasteiger partial charge in [0.15, 0.2) is 0 Å². The van der Waals surface area contributed by atoms with E-state index in [1.807, 2.05) is 18.7 Å². The Bertz CT molecular complexity index is 636. The van der Waals surface area contributed by atoms with Crippen LogP contribution in [0.3, 0.4) is 0 Å². The Morgan fingerprint density at radius 1 is 1.30 bits per heavy atom. The maximum absolute atomic E-state index is 13.9. The number of nitrogens with zero attached hydrogens (tertiary/aromatic N) is 2. The van der Waals surface area contributed by atoms with Crippen molar-refractivity contribution in [2.24, 2.45) is 0 Å². The Hall–Kier alpha value is -1.95. The zero-order valence-corrected chi connectivity index (χ0v) is 11.6. The molecule has 1 aliphatic rings. The van der Waals surface area contributed by atoms with Gasteiger partial charge in [-0.3, -0.25) is 4.79 Å². The third kappa shape index (κ3) is 2.80. The molecule has 1 aromatic carbocycles. The molecule has 1 saturated heterocycles. The molecule has 0 atom stereocenters. The predicted molar refractivity (Wildman–Crippen MR) is 76.7 cm³/mol. The van der Waals surface area contributed by atoms with E-state index in [2.05, 4.69) is 9.97 Å². The molecule has 0 aliphatic carbocycles. The maximum atomic E-state index is 13.9. The maximum Gasteiger partial charge on any atom is 0.261 e. The fourth-order valence-corrected chi connectivity index (χ4v) is 2.14. The largest absolute Gasteiger partial charge is 0.378 e. The van der Waals surface area contributed by atoms with Crippen molar-refractivity contribution in [3.8, 4) is 0 Å². The van der Waals surface area contributed by atoms with Crippen LogP contribution in [0.4, 0.5) is 10.1 Å². The second kappa shape index (κ2) is 6.47. The highest BCUT2D eigenvalue weighted by atomic mass is 19.1. The SMILES string of the molecule is CC.O=c1[nH]cnc2cc(N3CCOCC3)cc(F)c12. The quantitative estimate of drug-likeness (QED) is 0.866. The Morgan fingerprint density at radius 2 is 2.00 bits per heavy atom. The predicted octanol–water partition coefficient (Wildman–Crippen LogP) is 1.92. The van der Waals surface area contributed by atoms with Crippen LogP contribution in [0.15, 0.2) is 23.3 Å². The molecule has 0 radical (unpaired) electrons. The Labute approximate surface area is 116 Å². The molecule has 1 aromatic heterocycles. The van der Waals surface area contributed by atoms with Crippen LogP contribution < -0.4 is 10.5 Å². The van der Waals surface area contributed by atoms with Gasteiger partial charge in [0, 0.05) is 18.8 Å². The van der Waals surface area contributed by atoms with Crippen LogP contribution in [-0.2, 0) is 4.74 Å². The minimum absolute atomic E-state index is 0.00881. The van der Waals surface area contributed by atoms with E-state index in [0.717, 1.165) is 5.69 Å². The van der Waals surface area contributed by atoms with Gasteiger partial charge in [0.2, 0.25) is 0 Å². The highest BCUT2D eigenvalue weighted by Gasteiger charge is 2.15. The molecule has 0 saturated carbocycles. The summed E-state index contributed by atoms with van der Waals surface area (Å²) in [6.07, 6.45) is 1.28. The fraction of sp³-hybridized carbons (Fsp3) is 0.429. The normalized spacial score (nSPS) is 14.8. The van der Waals surface area contributed by atoms with Crippen LogP contribution >= 0.6 is 0 Å². The highest BCUT2D eigenvalue weighted by molar-refractivity contribution is 5.82. The standard InChI is InChI=1S/C12H12FN3O2.C2H6/c13-9-5-8(16-1-3-18-4-2-16)6-10-11(9)12(17)15-7-14-10;1-2/h5-7H,1-4H2,(H,14,15,17);1-2H3. The monoisotopic (exact) mass is 279 g/mol. The van der Waals surface area contributed by atoms with Gasteiger partial charge in [-0.15, -0.1) is 0 Å². The summed E-state index contributed by atoms with van der Waals surface area (Å²) in [5.74, 6) is -0.539. The first-order valence-corrected chi connectivity index (χ1v) is 6.75. The molecule has 1 aliphatic heterocycles. The Kier molecular flexibility index (Phi) is 4.68. The molecule has 2 heterocycles. The first-order valence-electron chi connectivity index (χ1n) is 6.75. The van der Waals surface area contributed by atoms with E-state index in [9.17, 15) is 9.18 Å². The summed E-state index contributed by atoms with van der Waals surface area (Å²) in [7, 11) is 0. The van der Waals surface area contributed by atoms with Gasteiger partial charge in [0.25, 0.3) is 5.56 Å². The summed E-state index contributed by atoms with van der Waals surface area (Å²) in [6.45, 7) is 6.69. The number of benzene rings is 1. The van der Waals surface area contributed by atoms with E-state index in [-0.39, 0.29) is 5.39 Å². The van der Waals surface area contributed by atoms with Crippen LogP contribution in [0, 0.1) is 5.82 Å². The average Bonchev–Trinajstić information content (AvgIpc) is 2.50. The number of halogens is 1. The molecule has 0 bridgehead atoms. The van der Waals surface area contributed by atoms with Gasteiger partial charge in [-0.1, -0.05) is 13.8 Å². The number of ether oxygens (including phenoxy) is 1. The number of hydrogen-bond acceptors (Lipinski definition) is 4. The molecule has 1 N–H and O–H groups in total. The van der Waals surface area contributed by atoms with E-state index in [0.29, 0.717) is 31.8 Å². The van der Waals surface area contributed by atoms with Crippen molar-refractivity contribution in [3.63, 3.8) is 0 Å². The molecule has 3 rings (SSSR count). The van der Waals surface area contributed by atoms with Crippen LogP contribution in [0.25, 0.3) is 10.9 Å². The van der Waals surface area contributed by atoms with E-state index in [4.69, 9.17) is 4.74 Å². The molecule has 0 amide bonds. The molecule has 2 aromatic rings. The average molecular weight is 279 g/mol. The number of H-pyrrole nitrogens is 1. The number of anilines is 1. The van der Waals surface area contributed by atoms with Gasteiger partial charge in [0.1, 0.15) is 11.2 Å². The number of rotatable bonds is 1. The summed E-state index contributed by atoms with van der Waals surface area (Å²) in [5.41, 5.74) is 0.660. The van der Waals surface area contributed by atoms with Crippen molar-refractivity contribution in [1.82, 2.24) is 9.97 Å². The Morgan fingerprint density at radius 3 is 2.70 bits per heavy atom. The first kappa shape index (κ1) is 14.5. The second-order valence-electron chi connectivity index (χ2n) is 4.15. The van der Waals surface area contributed by atoms with Crippen molar-refractivity contribution in [2.75, 3.05) is 31.2 Å². The number of hydrogen-bond donors (Lipinski definition) is 1. The highest BCUT2D eigenvalue weighted by Crippen LogP contribution is 2.22. The zero-order valence-electron chi connectivity index (χ0n) is 11.6. The summed E-state index contributed by atoms with van der Waals surface area (Å²) in [6, 6.07) is 3.11. The van der Waals surface area contributed by atoms with E-state index in [1.165, 1.54) is 12.4 Å². The third-order valence-electron chi connectivity index (χ3n) is 3.06. The molecule has 5 nitrogen and oxygen atoms in total. The second-order valence-corrected chi connectivity index (χ2v) is 4.15. The molecule has 20 heavy (non-hydrogen) atoms. The lowest BCUT2D eigenvalue weighted by Crippen LogP contribution is -2.36. The lowest BCUT2D eigenvalue weighted by atomic mass is 10.2. The van der Waals surface area contributed by atoms with Crippen LogP contribution in [-0.4, -0.2) is 36.3 Å². The fourth-order valence-electron chi connectivity index (χ4n) is 2.14. The van der Waals surface area contributed by atoms with Crippen LogP contribution in [0.1, 0.15) is 13.8 Å². The number of aromatic amines is 1. The van der Waals surface area contributed by atoms with Gasteiger partial charge in [-0.2, -0.15) is 0 Å². The number of fused-ring (bicyclic) bond motifs is 1. The van der Waals surface area contributed by atoms with Crippen LogP contribution in [0.5, 0.6) is 0 Å². The Balaban J connectivity index is 0.000000704. The molecule has 6 heteroatoms. The van der Waals surface area contributed by atoms with Crippen molar-refractivity contribution in [3.05, 3.63) is 34.6 Å².